The van der Waals surface area contributed by atoms with Crippen molar-refractivity contribution >= 4 is 5.91 Å². The Kier molecular flexibility index (Phi) is 6.21. The molecular weight excluding hydrogens is 336 g/mol. The summed E-state index contributed by atoms with van der Waals surface area (Å²) in [7, 11) is 0. The summed E-state index contributed by atoms with van der Waals surface area (Å²) in [6, 6.07) is 21.1. The van der Waals surface area contributed by atoms with Crippen LogP contribution in [0.4, 0.5) is 0 Å². The first-order chi connectivity index (χ1) is 13.1. The minimum Gasteiger partial charge on any atom is -0.457 e. The van der Waals surface area contributed by atoms with E-state index < -0.39 is 0 Å². The van der Waals surface area contributed by atoms with E-state index in [-0.39, 0.29) is 11.8 Å². The fourth-order valence-corrected chi connectivity index (χ4v) is 2.99. The lowest BCUT2D eigenvalue weighted by Gasteiger charge is -2.22. The van der Waals surface area contributed by atoms with Gasteiger partial charge in [-0.1, -0.05) is 50.2 Å². The number of carbonyl (C=O) groups excluding carboxylic acids is 1. The third-order valence-corrected chi connectivity index (χ3v) is 4.50. The van der Waals surface area contributed by atoms with E-state index in [1.54, 1.807) is 36.7 Å². The van der Waals surface area contributed by atoms with Gasteiger partial charge in [-0.15, -0.1) is 0 Å². The van der Waals surface area contributed by atoms with Crippen LogP contribution >= 0.6 is 0 Å². The lowest BCUT2D eigenvalue weighted by atomic mass is 9.88. The average Bonchev–Trinajstić information content (AvgIpc) is 2.69. The minimum absolute atomic E-state index is 0.100. The molecule has 1 N–H and O–H groups in total. The van der Waals surface area contributed by atoms with Crippen LogP contribution in [0.15, 0.2) is 79.1 Å². The van der Waals surface area contributed by atoms with Gasteiger partial charge in [0, 0.05) is 30.4 Å². The number of ether oxygens (including phenoxy) is 1. The highest BCUT2D eigenvalue weighted by molar-refractivity contribution is 5.94. The molecule has 27 heavy (non-hydrogen) atoms. The van der Waals surface area contributed by atoms with Crippen molar-refractivity contribution in [3.63, 3.8) is 0 Å². The van der Waals surface area contributed by atoms with E-state index in [4.69, 9.17) is 4.74 Å². The Hall–Kier alpha value is -3.14. The van der Waals surface area contributed by atoms with Gasteiger partial charge in [-0.05, 0) is 41.8 Å². The summed E-state index contributed by atoms with van der Waals surface area (Å²) < 4.78 is 5.78. The molecule has 0 saturated carbocycles. The Morgan fingerprint density at radius 3 is 2.41 bits per heavy atom. The van der Waals surface area contributed by atoms with Crippen LogP contribution in [0.1, 0.15) is 35.7 Å². The van der Waals surface area contributed by atoms with Gasteiger partial charge >= 0.3 is 0 Å². The molecule has 1 amide bonds. The number of nitrogens with zero attached hydrogens (tertiary/aromatic N) is 1. The Morgan fingerprint density at radius 1 is 0.963 bits per heavy atom. The summed E-state index contributed by atoms with van der Waals surface area (Å²) in [4.78, 5) is 16.6. The van der Waals surface area contributed by atoms with Crippen LogP contribution in [0.2, 0.25) is 0 Å². The van der Waals surface area contributed by atoms with Crippen LogP contribution in [-0.4, -0.2) is 17.4 Å². The summed E-state index contributed by atoms with van der Waals surface area (Å²) in [6.07, 6.45) is 3.34. The number of amides is 1. The molecule has 3 rings (SSSR count). The molecule has 1 aromatic heterocycles. The van der Waals surface area contributed by atoms with Crippen LogP contribution < -0.4 is 10.1 Å². The molecule has 0 aliphatic carbocycles. The predicted octanol–water partition coefficient (Wildman–Crippen LogP) is 5.04. The largest absolute Gasteiger partial charge is 0.457 e. The number of carbonyl (C=O) groups is 1. The highest BCUT2D eigenvalue weighted by atomic mass is 16.5. The summed E-state index contributed by atoms with van der Waals surface area (Å²) in [5, 5.41) is 3.07. The van der Waals surface area contributed by atoms with E-state index in [0.29, 0.717) is 29.5 Å². The average molecular weight is 360 g/mol. The second-order valence-corrected chi connectivity index (χ2v) is 6.78. The van der Waals surface area contributed by atoms with Crippen LogP contribution in [0.25, 0.3) is 0 Å². The van der Waals surface area contributed by atoms with Crippen molar-refractivity contribution in [2.24, 2.45) is 5.92 Å². The smallest absolute Gasteiger partial charge is 0.251 e. The molecule has 1 heterocycles. The molecule has 0 aliphatic heterocycles. The van der Waals surface area contributed by atoms with E-state index >= 15 is 0 Å². The van der Waals surface area contributed by atoms with Crippen LogP contribution in [-0.2, 0) is 0 Å². The van der Waals surface area contributed by atoms with Crippen molar-refractivity contribution in [1.82, 2.24) is 10.3 Å². The highest BCUT2D eigenvalue weighted by Gasteiger charge is 2.17. The number of hydrogen-bond acceptors (Lipinski definition) is 3. The Bertz CT molecular complexity index is 864. The third-order valence-electron chi connectivity index (χ3n) is 4.50. The van der Waals surface area contributed by atoms with E-state index in [9.17, 15) is 4.79 Å². The molecular formula is C23H24N2O2. The first-order valence-electron chi connectivity index (χ1n) is 9.14. The van der Waals surface area contributed by atoms with Gasteiger partial charge in [0.05, 0.1) is 0 Å². The molecule has 4 heteroatoms. The first kappa shape index (κ1) is 18.6. The third kappa shape index (κ3) is 5.17. The van der Waals surface area contributed by atoms with Gasteiger partial charge < -0.3 is 10.1 Å². The standard InChI is InChI=1S/C23H24N2O2/c1-17(2)22(18-7-4-3-5-8-18)16-25-23(26)19-9-6-10-21(15-19)27-20-11-13-24-14-12-20/h3-15,17,22H,16H2,1-2H3,(H,25,26)/t22-/m0/s1. The fourth-order valence-electron chi connectivity index (χ4n) is 2.99. The Balaban J connectivity index is 1.66. The highest BCUT2D eigenvalue weighted by Crippen LogP contribution is 2.24. The molecule has 0 fully saturated rings. The van der Waals surface area contributed by atoms with Crippen molar-refractivity contribution in [2.75, 3.05) is 6.54 Å². The van der Waals surface area contributed by atoms with Gasteiger partial charge in [-0.2, -0.15) is 0 Å². The van der Waals surface area contributed by atoms with Crippen molar-refractivity contribution in [3.8, 4) is 11.5 Å². The van der Waals surface area contributed by atoms with E-state index in [2.05, 4.69) is 36.3 Å². The van der Waals surface area contributed by atoms with Crippen molar-refractivity contribution < 1.29 is 9.53 Å². The molecule has 0 saturated heterocycles. The number of pyridine rings is 1. The number of benzene rings is 2. The number of rotatable bonds is 7. The molecule has 3 aromatic rings. The fraction of sp³-hybridized carbons (Fsp3) is 0.217. The summed E-state index contributed by atoms with van der Waals surface area (Å²) in [6.45, 7) is 4.94. The lowest BCUT2D eigenvalue weighted by molar-refractivity contribution is 0.0949. The maximum Gasteiger partial charge on any atom is 0.251 e. The topological polar surface area (TPSA) is 51.2 Å². The maximum absolute atomic E-state index is 12.6. The molecule has 0 unspecified atom stereocenters. The van der Waals surface area contributed by atoms with Crippen LogP contribution in [0, 0.1) is 5.92 Å². The predicted molar refractivity (Wildman–Crippen MR) is 107 cm³/mol. The monoisotopic (exact) mass is 360 g/mol. The SMILES string of the molecule is CC(C)[C@H](CNC(=O)c1cccc(Oc2ccncc2)c1)c1ccccc1. The van der Waals surface area contributed by atoms with E-state index in [1.807, 2.05) is 30.3 Å². The minimum atomic E-state index is -0.100. The zero-order chi connectivity index (χ0) is 19.1. The number of hydrogen-bond donors (Lipinski definition) is 1. The first-order valence-corrected chi connectivity index (χ1v) is 9.14. The van der Waals surface area contributed by atoms with Gasteiger partial charge in [0.1, 0.15) is 11.5 Å². The molecule has 0 spiro atoms. The second kappa shape index (κ2) is 8.99. The zero-order valence-corrected chi connectivity index (χ0v) is 15.6. The Labute approximate surface area is 160 Å². The molecule has 0 bridgehead atoms. The second-order valence-electron chi connectivity index (χ2n) is 6.78. The van der Waals surface area contributed by atoms with Crippen LogP contribution in [0.5, 0.6) is 11.5 Å². The van der Waals surface area contributed by atoms with E-state index in [0.717, 1.165) is 0 Å². The van der Waals surface area contributed by atoms with Crippen LogP contribution in [0.3, 0.4) is 0 Å². The van der Waals surface area contributed by atoms with Crippen molar-refractivity contribution in [1.29, 1.82) is 0 Å². The van der Waals surface area contributed by atoms with Gasteiger partial charge in [0.15, 0.2) is 0 Å². The normalized spacial score (nSPS) is 11.8. The van der Waals surface area contributed by atoms with Gasteiger partial charge in [0.25, 0.3) is 5.91 Å². The number of nitrogens with one attached hydrogen (secondary N) is 1. The van der Waals surface area contributed by atoms with Gasteiger partial charge in [0.2, 0.25) is 0 Å². The summed E-state index contributed by atoms with van der Waals surface area (Å²) in [5.41, 5.74) is 1.82. The molecule has 0 aliphatic rings. The van der Waals surface area contributed by atoms with Gasteiger partial charge in [-0.3, -0.25) is 9.78 Å². The van der Waals surface area contributed by atoms with Crippen molar-refractivity contribution in [3.05, 3.63) is 90.3 Å². The molecule has 0 radical (unpaired) electrons. The van der Waals surface area contributed by atoms with Crippen molar-refractivity contribution in [2.45, 2.75) is 19.8 Å². The van der Waals surface area contributed by atoms with Gasteiger partial charge in [-0.25, -0.2) is 0 Å². The maximum atomic E-state index is 12.6. The molecule has 1 atom stereocenters. The Morgan fingerprint density at radius 2 is 1.70 bits per heavy atom. The molecule has 4 nitrogen and oxygen atoms in total. The zero-order valence-electron chi connectivity index (χ0n) is 15.6. The van der Waals surface area contributed by atoms with E-state index in [1.165, 1.54) is 5.56 Å². The summed E-state index contributed by atoms with van der Waals surface area (Å²) >= 11 is 0. The number of aromatic nitrogens is 1. The molecule has 2 aromatic carbocycles. The molecule has 138 valence electrons. The quantitative estimate of drug-likeness (QED) is 0.642. The lowest BCUT2D eigenvalue weighted by Crippen LogP contribution is -2.30. The summed E-state index contributed by atoms with van der Waals surface area (Å²) in [5.74, 6) is 1.90.